The smallest absolute Gasteiger partial charge is 0.316 e. The molecule has 6 heteroatoms. The molecule has 0 radical (unpaired) electrons. The second-order valence-corrected chi connectivity index (χ2v) is 8.35. The molecule has 5 nitrogen and oxygen atoms in total. The molecule has 3 rings (SSSR count). The third kappa shape index (κ3) is 6.68. The number of unbranched alkanes of at least 4 members (excludes halogenated alkanes) is 2. The standard InChI is InChI=1S/C23H32N4OS/c1-29-22-12-11-19(18-21(22)25-23(24)28)8-4-3-7-13-26-14-16-27(17-15-26)20-9-5-2-6-10-20/h2,5-6,9-12,18H,3-4,7-8,13-17H2,1H3,(H3,24,25,28). The van der Waals surface area contributed by atoms with Crippen molar-refractivity contribution in [3.8, 4) is 0 Å². The zero-order valence-corrected chi connectivity index (χ0v) is 18.1. The highest BCUT2D eigenvalue weighted by Gasteiger charge is 2.16. The van der Waals surface area contributed by atoms with Crippen molar-refractivity contribution >= 4 is 29.2 Å². The van der Waals surface area contributed by atoms with E-state index in [-0.39, 0.29) is 0 Å². The minimum atomic E-state index is -0.509. The van der Waals surface area contributed by atoms with Gasteiger partial charge in [-0.1, -0.05) is 30.7 Å². The number of nitrogens with zero attached hydrogens (tertiary/aromatic N) is 2. The summed E-state index contributed by atoms with van der Waals surface area (Å²) >= 11 is 1.61. The molecule has 0 bridgehead atoms. The van der Waals surface area contributed by atoms with Crippen molar-refractivity contribution in [2.45, 2.75) is 30.6 Å². The quantitative estimate of drug-likeness (QED) is 0.472. The number of para-hydroxylation sites is 1. The minimum absolute atomic E-state index is 0.509. The monoisotopic (exact) mass is 412 g/mol. The number of amides is 2. The van der Waals surface area contributed by atoms with Crippen LogP contribution in [-0.4, -0.2) is 49.9 Å². The topological polar surface area (TPSA) is 61.6 Å². The summed E-state index contributed by atoms with van der Waals surface area (Å²) in [5.41, 5.74) is 8.69. The first-order chi connectivity index (χ1) is 14.2. The Morgan fingerprint density at radius 1 is 1.03 bits per heavy atom. The number of anilines is 2. The van der Waals surface area contributed by atoms with Gasteiger partial charge in [0.1, 0.15) is 0 Å². The third-order valence-corrected chi connectivity index (χ3v) is 6.25. The summed E-state index contributed by atoms with van der Waals surface area (Å²) in [6, 6.07) is 16.5. The Hall–Kier alpha value is -2.18. The Kier molecular flexibility index (Phi) is 8.25. The van der Waals surface area contributed by atoms with Gasteiger partial charge < -0.3 is 16.0 Å². The lowest BCUT2D eigenvalue weighted by Gasteiger charge is -2.36. The lowest BCUT2D eigenvalue weighted by molar-refractivity contribution is 0.252. The normalized spacial score (nSPS) is 14.7. The van der Waals surface area contributed by atoms with Crippen LogP contribution in [0, 0.1) is 0 Å². The largest absolute Gasteiger partial charge is 0.369 e. The SMILES string of the molecule is CSc1ccc(CCCCCN2CCN(c3ccccc3)CC2)cc1NC(N)=O. The fourth-order valence-corrected chi connectivity index (χ4v) is 4.38. The van der Waals surface area contributed by atoms with Crippen molar-refractivity contribution in [3.05, 3.63) is 54.1 Å². The summed E-state index contributed by atoms with van der Waals surface area (Å²) in [7, 11) is 0. The number of nitrogens with two attached hydrogens (primary N) is 1. The molecule has 3 N–H and O–H groups in total. The molecule has 1 fully saturated rings. The summed E-state index contributed by atoms with van der Waals surface area (Å²) in [6.45, 7) is 5.70. The van der Waals surface area contributed by atoms with Gasteiger partial charge in [-0.15, -0.1) is 11.8 Å². The van der Waals surface area contributed by atoms with Gasteiger partial charge in [0.05, 0.1) is 5.69 Å². The second-order valence-electron chi connectivity index (χ2n) is 7.50. The van der Waals surface area contributed by atoms with Crippen molar-refractivity contribution < 1.29 is 4.79 Å². The first-order valence-electron chi connectivity index (χ1n) is 10.4. The predicted octanol–water partition coefficient (Wildman–Crippen LogP) is 4.43. The van der Waals surface area contributed by atoms with E-state index >= 15 is 0 Å². The maximum absolute atomic E-state index is 11.2. The van der Waals surface area contributed by atoms with E-state index in [0.717, 1.165) is 43.2 Å². The van der Waals surface area contributed by atoms with E-state index in [4.69, 9.17) is 5.73 Å². The third-order valence-electron chi connectivity index (χ3n) is 5.46. The van der Waals surface area contributed by atoms with E-state index in [9.17, 15) is 4.79 Å². The zero-order chi connectivity index (χ0) is 20.5. The molecule has 0 aliphatic carbocycles. The van der Waals surface area contributed by atoms with Crippen molar-refractivity contribution in [1.82, 2.24) is 4.90 Å². The van der Waals surface area contributed by atoms with Crippen LogP contribution in [0.3, 0.4) is 0 Å². The molecule has 2 aromatic carbocycles. The van der Waals surface area contributed by atoms with Gasteiger partial charge in [0.15, 0.2) is 0 Å². The maximum atomic E-state index is 11.2. The van der Waals surface area contributed by atoms with Crippen LogP contribution >= 0.6 is 11.8 Å². The Bertz CT molecular complexity index is 776. The van der Waals surface area contributed by atoms with E-state index in [2.05, 4.69) is 63.6 Å². The highest BCUT2D eigenvalue weighted by molar-refractivity contribution is 7.98. The molecular formula is C23H32N4OS. The molecule has 156 valence electrons. The van der Waals surface area contributed by atoms with Gasteiger partial charge in [0.2, 0.25) is 0 Å². The zero-order valence-electron chi connectivity index (χ0n) is 17.3. The van der Waals surface area contributed by atoms with Gasteiger partial charge in [-0.3, -0.25) is 4.90 Å². The molecule has 2 aromatic rings. The van der Waals surface area contributed by atoms with Gasteiger partial charge in [0.25, 0.3) is 0 Å². The molecule has 0 spiro atoms. The Balaban J connectivity index is 1.35. The molecule has 2 amide bonds. The number of urea groups is 1. The van der Waals surface area contributed by atoms with Gasteiger partial charge in [-0.05, 0) is 61.9 Å². The lowest BCUT2D eigenvalue weighted by Crippen LogP contribution is -2.46. The van der Waals surface area contributed by atoms with Crippen molar-refractivity contribution in [1.29, 1.82) is 0 Å². The molecule has 0 aromatic heterocycles. The maximum Gasteiger partial charge on any atom is 0.316 e. The molecular weight excluding hydrogens is 380 g/mol. The van der Waals surface area contributed by atoms with E-state index in [1.54, 1.807) is 11.8 Å². The molecule has 1 heterocycles. The van der Waals surface area contributed by atoms with Crippen LogP contribution < -0.4 is 16.0 Å². The van der Waals surface area contributed by atoms with Crippen molar-refractivity contribution in [3.63, 3.8) is 0 Å². The number of carbonyl (C=O) groups excluding carboxylic acids is 1. The second kappa shape index (κ2) is 11.1. The van der Waals surface area contributed by atoms with Crippen LogP contribution in [-0.2, 0) is 6.42 Å². The number of carbonyl (C=O) groups is 1. The Labute approximate surface area is 178 Å². The number of hydrogen-bond acceptors (Lipinski definition) is 4. The van der Waals surface area contributed by atoms with E-state index < -0.39 is 6.03 Å². The van der Waals surface area contributed by atoms with Gasteiger partial charge in [0, 0.05) is 36.8 Å². The summed E-state index contributed by atoms with van der Waals surface area (Å²) in [5.74, 6) is 0. The number of piperazine rings is 1. The molecule has 29 heavy (non-hydrogen) atoms. The first kappa shape index (κ1) is 21.5. The van der Waals surface area contributed by atoms with Crippen LogP contribution in [0.2, 0.25) is 0 Å². The van der Waals surface area contributed by atoms with Crippen molar-refractivity contribution in [2.75, 3.05) is 49.2 Å². The van der Waals surface area contributed by atoms with Gasteiger partial charge >= 0.3 is 6.03 Å². The highest BCUT2D eigenvalue weighted by Crippen LogP contribution is 2.27. The predicted molar refractivity (Wildman–Crippen MR) is 124 cm³/mol. The Morgan fingerprint density at radius 2 is 1.79 bits per heavy atom. The number of aryl methyl sites for hydroxylation is 1. The van der Waals surface area contributed by atoms with E-state index in [1.807, 2.05) is 6.26 Å². The van der Waals surface area contributed by atoms with E-state index in [1.165, 1.54) is 37.1 Å². The van der Waals surface area contributed by atoms with Crippen LogP contribution in [0.4, 0.5) is 16.2 Å². The molecule has 1 aliphatic heterocycles. The first-order valence-corrected chi connectivity index (χ1v) is 11.6. The van der Waals surface area contributed by atoms with Crippen LogP contribution in [0.1, 0.15) is 24.8 Å². The van der Waals surface area contributed by atoms with Crippen LogP contribution in [0.25, 0.3) is 0 Å². The lowest BCUT2D eigenvalue weighted by atomic mass is 10.1. The van der Waals surface area contributed by atoms with Crippen LogP contribution in [0.15, 0.2) is 53.4 Å². The minimum Gasteiger partial charge on any atom is -0.369 e. The number of rotatable bonds is 9. The number of primary amides is 1. The fraction of sp³-hybridized carbons (Fsp3) is 0.435. The highest BCUT2D eigenvalue weighted by atomic mass is 32.2. The number of benzene rings is 2. The summed E-state index contributed by atoms with van der Waals surface area (Å²) in [6.07, 6.45) is 6.66. The fourth-order valence-electron chi connectivity index (χ4n) is 3.85. The number of hydrogen-bond donors (Lipinski definition) is 2. The molecule has 0 atom stereocenters. The summed E-state index contributed by atoms with van der Waals surface area (Å²) in [4.78, 5) is 17.3. The van der Waals surface area contributed by atoms with E-state index in [0.29, 0.717) is 0 Å². The van der Waals surface area contributed by atoms with Gasteiger partial charge in [-0.25, -0.2) is 4.79 Å². The average Bonchev–Trinajstić information content (AvgIpc) is 2.74. The molecule has 0 saturated carbocycles. The van der Waals surface area contributed by atoms with Crippen molar-refractivity contribution in [2.24, 2.45) is 5.73 Å². The Morgan fingerprint density at radius 3 is 2.48 bits per heavy atom. The molecule has 1 aliphatic rings. The molecule has 1 saturated heterocycles. The summed E-state index contributed by atoms with van der Waals surface area (Å²) in [5, 5.41) is 2.73. The number of thioether (sulfide) groups is 1. The summed E-state index contributed by atoms with van der Waals surface area (Å²) < 4.78 is 0. The van der Waals surface area contributed by atoms with Gasteiger partial charge in [-0.2, -0.15) is 0 Å². The number of nitrogens with one attached hydrogen (secondary N) is 1. The average molecular weight is 413 g/mol. The van der Waals surface area contributed by atoms with Crippen LogP contribution in [0.5, 0.6) is 0 Å². The molecule has 0 unspecified atom stereocenters.